The van der Waals surface area contributed by atoms with Crippen LogP contribution in [0.3, 0.4) is 0 Å². The van der Waals surface area contributed by atoms with E-state index in [9.17, 15) is 13.2 Å². The van der Waals surface area contributed by atoms with Crippen LogP contribution in [0, 0.1) is 0 Å². The van der Waals surface area contributed by atoms with E-state index in [1.54, 1.807) is 49.7 Å². The maximum Gasteiger partial charge on any atom is 0.253 e. The fourth-order valence-corrected chi connectivity index (χ4v) is 4.18. The lowest BCUT2D eigenvalue weighted by Gasteiger charge is -2.18. The second-order valence-corrected chi connectivity index (χ2v) is 8.91. The van der Waals surface area contributed by atoms with E-state index in [0.29, 0.717) is 12.1 Å². The minimum absolute atomic E-state index is 0.0924. The fraction of sp³-hybridized carbons (Fsp3) is 0.316. The average molecular weight is 393 g/mol. The Morgan fingerprint density at radius 2 is 1.81 bits per heavy atom. The average Bonchev–Trinajstić information content (AvgIpc) is 2.60. The molecule has 0 saturated carbocycles. The summed E-state index contributed by atoms with van der Waals surface area (Å²) in [7, 11) is -1.92. The number of carbonyl (C=O) groups excluding carboxylic acids is 1. The lowest BCUT2D eigenvalue weighted by atomic mass is 10.1. The van der Waals surface area contributed by atoms with Gasteiger partial charge in [-0.3, -0.25) is 4.79 Å². The second-order valence-electron chi connectivity index (χ2n) is 6.31. The molecule has 0 atom stereocenters. The molecule has 0 bridgehead atoms. The second kappa shape index (κ2) is 8.70. The van der Waals surface area contributed by atoms with Crippen molar-refractivity contribution in [1.82, 2.24) is 9.62 Å². The van der Waals surface area contributed by atoms with E-state index in [2.05, 4.69) is 4.72 Å². The summed E-state index contributed by atoms with van der Waals surface area (Å²) in [4.78, 5) is 15.5. The number of hydrogen-bond donors (Lipinski definition) is 1. The predicted octanol–water partition coefficient (Wildman–Crippen LogP) is 3.37. The molecule has 0 heterocycles. The number of nitrogens with one attached hydrogen (secondary N) is 1. The molecule has 0 radical (unpaired) electrons. The molecule has 1 amide bonds. The molecule has 0 unspecified atom stereocenters. The summed E-state index contributed by atoms with van der Waals surface area (Å²) in [6.45, 7) is 3.96. The summed E-state index contributed by atoms with van der Waals surface area (Å²) in [6, 6.07) is 13.9. The highest BCUT2D eigenvalue weighted by Crippen LogP contribution is 2.17. The third-order valence-electron chi connectivity index (χ3n) is 3.71. The monoisotopic (exact) mass is 392 g/mol. The van der Waals surface area contributed by atoms with Crippen molar-refractivity contribution >= 4 is 27.7 Å². The number of hydrogen-bond acceptors (Lipinski definition) is 4. The van der Waals surface area contributed by atoms with Crippen molar-refractivity contribution in [2.75, 3.05) is 13.3 Å². The van der Waals surface area contributed by atoms with E-state index in [4.69, 9.17) is 0 Å². The molecule has 7 heteroatoms. The summed E-state index contributed by atoms with van der Waals surface area (Å²) in [5, 5.41) is 0. The van der Waals surface area contributed by atoms with Gasteiger partial charge in [0.2, 0.25) is 10.0 Å². The van der Waals surface area contributed by atoms with Gasteiger partial charge in [-0.25, -0.2) is 13.1 Å². The van der Waals surface area contributed by atoms with Crippen molar-refractivity contribution in [3.8, 4) is 0 Å². The SMILES string of the molecule is CSc1ccc(CN(C)C(=O)c2cccc(S(=O)(=O)NC(C)C)c2)cc1. The van der Waals surface area contributed by atoms with Crippen LogP contribution < -0.4 is 4.72 Å². The molecule has 2 rings (SSSR count). The van der Waals surface area contributed by atoms with Crippen molar-refractivity contribution in [2.45, 2.75) is 36.2 Å². The van der Waals surface area contributed by atoms with Gasteiger partial charge in [-0.2, -0.15) is 0 Å². The largest absolute Gasteiger partial charge is 0.337 e. The number of thioether (sulfide) groups is 1. The highest BCUT2D eigenvalue weighted by atomic mass is 32.2. The summed E-state index contributed by atoms with van der Waals surface area (Å²) in [6.07, 6.45) is 2.01. The van der Waals surface area contributed by atoms with Gasteiger partial charge in [0, 0.05) is 30.1 Å². The molecule has 140 valence electrons. The summed E-state index contributed by atoms with van der Waals surface area (Å²) in [5.41, 5.74) is 1.36. The van der Waals surface area contributed by atoms with E-state index >= 15 is 0 Å². The quantitative estimate of drug-likeness (QED) is 0.734. The number of rotatable bonds is 7. The topological polar surface area (TPSA) is 66.5 Å². The highest BCUT2D eigenvalue weighted by molar-refractivity contribution is 7.98. The molecule has 0 aromatic heterocycles. The third kappa shape index (κ3) is 5.33. The van der Waals surface area contributed by atoms with Crippen LogP contribution in [0.5, 0.6) is 0 Å². The number of nitrogens with zero attached hydrogens (tertiary/aromatic N) is 1. The number of amides is 1. The van der Waals surface area contributed by atoms with Gasteiger partial charge in [-0.1, -0.05) is 18.2 Å². The molecule has 0 aliphatic heterocycles. The Balaban J connectivity index is 2.16. The Kier molecular flexibility index (Phi) is 6.86. The number of benzene rings is 2. The van der Waals surface area contributed by atoms with Crippen LogP contribution in [0.25, 0.3) is 0 Å². The molecule has 2 aromatic rings. The molecule has 5 nitrogen and oxygen atoms in total. The molecule has 0 saturated heterocycles. The van der Waals surface area contributed by atoms with Crippen LogP contribution in [0.1, 0.15) is 29.8 Å². The van der Waals surface area contributed by atoms with Crippen LogP contribution in [-0.4, -0.2) is 38.6 Å². The van der Waals surface area contributed by atoms with Crippen molar-refractivity contribution < 1.29 is 13.2 Å². The molecule has 0 aliphatic carbocycles. The van der Waals surface area contributed by atoms with Crippen LogP contribution in [0.15, 0.2) is 58.3 Å². The molecule has 2 aromatic carbocycles. The summed E-state index contributed by atoms with van der Waals surface area (Å²) >= 11 is 1.66. The van der Waals surface area contributed by atoms with Gasteiger partial charge in [0.1, 0.15) is 0 Å². The van der Waals surface area contributed by atoms with E-state index in [1.807, 2.05) is 30.5 Å². The van der Waals surface area contributed by atoms with Crippen LogP contribution in [0.2, 0.25) is 0 Å². The number of sulfonamides is 1. The van der Waals surface area contributed by atoms with E-state index in [-0.39, 0.29) is 16.8 Å². The summed E-state index contributed by atoms with van der Waals surface area (Å²) in [5.74, 6) is -0.222. The lowest BCUT2D eigenvalue weighted by molar-refractivity contribution is 0.0785. The Hall–Kier alpha value is -1.83. The van der Waals surface area contributed by atoms with Crippen LogP contribution in [0.4, 0.5) is 0 Å². The van der Waals surface area contributed by atoms with Gasteiger partial charge in [0.05, 0.1) is 4.90 Å². The Morgan fingerprint density at radius 1 is 1.15 bits per heavy atom. The van der Waals surface area contributed by atoms with Crippen LogP contribution >= 0.6 is 11.8 Å². The van der Waals surface area contributed by atoms with Gasteiger partial charge >= 0.3 is 0 Å². The standard InChI is InChI=1S/C19H24N2O3S2/c1-14(2)20-26(23,24)18-7-5-6-16(12-18)19(22)21(3)13-15-8-10-17(25-4)11-9-15/h5-12,14,20H,13H2,1-4H3. The van der Waals surface area contributed by atoms with Crippen LogP contribution in [-0.2, 0) is 16.6 Å². The Labute approximate surface area is 159 Å². The molecule has 0 fully saturated rings. The highest BCUT2D eigenvalue weighted by Gasteiger charge is 2.19. The maximum atomic E-state index is 12.7. The molecular formula is C19H24N2O3S2. The van der Waals surface area contributed by atoms with Crippen molar-refractivity contribution in [2.24, 2.45) is 0 Å². The molecule has 0 aliphatic rings. The van der Waals surface area contributed by atoms with Crippen molar-refractivity contribution in [1.29, 1.82) is 0 Å². The first-order chi connectivity index (χ1) is 12.2. The van der Waals surface area contributed by atoms with E-state index < -0.39 is 10.0 Å². The zero-order valence-corrected chi connectivity index (χ0v) is 17.0. The van der Waals surface area contributed by atoms with Gasteiger partial charge in [0.15, 0.2) is 0 Å². The van der Waals surface area contributed by atoms with Crippen molar-refractivity contribution in [3.63, 3.8) is 0 Å². The fourth-order valence-electron chi connectivity index (χ4n) is 2.47. The van der Waals surface area contributed by atoms with Gasteiger partial charge < -0.3 is 4.90 Å². The molecule has 0 spiro atoms. The smallest absolute Gasteiger partial charge is 0.253 e. The third-order valence-corrected chi connectivity index (χ3v) is 6.11. The maximum absolute atomic E-state index is 12.7. The molecule has 26 heavy (non-hydrogen) atoms. The lowest BCUT2D eigenvalue weighted by Crippen LogP contribution is -2.31. The Morgan fingerprint density at radius 3 is 2.38 bits per heavy atom. The van der Waals surface area contributed by atoms with Gasteiger partial charge in [0.25, 0.3) is 5.91 Å². The summed E-state index contributed by atoms with van der Waals surface area (Å²) < 4.78 is 27.1. The first-order valence-corrected chi connectivity index (χ1v) is 10.9. The zero-order chi connectivity index (χ0) is 19.3. The van der Waals surface area contributed by atoms with Crippen molar-refractivity contribution in [3.05, 3.63) is 59.7 Å². The first kappa shape index (κ1) is 20.5. The minimum atomic E-state index is -3.63. The first-order valence-electron chi connectivity index (χ1n) is 8.23. The normalized spacial score (nSPS) is 11.6. The van der Waals surface area contributed by atoms with Gasteiger partial charge in [-0.15, -0.1) is 11.8 Å². The van der Waals surface area contributed by atoms with E-state index in [0.717, 1.165) is 5.56 Å². The molecule has 1 N–H and O–H groups in total. The van der Waals surface area contributed by atoms with Gasteiger partial charge in [-0.05, 0) is 56.0 Å². The van der Waals surface area contributed by atoms with E-state index in [1.165, 1.54) is 17.0 Å². The molecular weight excluding hydrogens is 368 g/mol. The predicted molar refractivity (Wildman–Crippen MR) is 106 cm³/mol. The number of carbonyl (C=O) groups is 1. The zero-order valence-electron chi connectivity index (χ0n) is 15.4. The minimum Gasteiger partial charge on any atom is -0.337 e. The Bertz CT molecular complexity index is 863.